The molecule has 1 fully saturated rings. The number of hydrogen-bond acceptors (Lipinski definition) is 5. The van der Waals surface area contributed by atoms with Crippen molar-refractivity contribution in [1.29, 1.82) is 0 Å². The van der Waals surface area contributed by atoms with Crippen LogP contribution in [0.5, 0.6) is 0 Å². The number of aryl methyl sites for hydroxylation is 2. The number of furan rings is 1. The summed E-state index contributed by atoms with van der Waals surface area (Å²) in [7, 11) is -3.31. The predicted octanol–water partition coefficient (Wildman–Crippen LogP) is 4.61. The summed E-state index contributed by atoms with van der Waals surface area (Å²) in [5, 5.41) is 3.25. The predicted molar refractivity (Wildman–Crippen MR) is 145 cm³/mol. The zero-order valence-electron chi connectivity index (χ0n) is 21.8. The first-order valence-electron chi connectivity index (χ1n) is 12.9. The van der Waals surface area contributed by atoms with E-state index in [1.807, 2.05) is 37.3 Å². The second kappa shape index (κ2) is 10.3. The molecule has 2 aliphatic rings. The van der Waals surface area contributed by atoms with Crippen LogP contribution in [-0.2, 0) is 34.3 Å². The quantitative estimate of drug-likeness (QED) is 0.491. The normalized spacial score (nSPS) is 17.0. The molecule has 0 radical (unpaired) electrons. The number of hydrogen-bond donors (Lipinski definition) is 1. The van der Waals surface area contributed by atoms with Crippen molar-refractivity contribution in [3.8, 4) is 0 Å². The van der Waals surface area contributed by atoms with Crippen molar-refractivity contribution in [2.45, 2.75) is 58.7 Å². The van der Waals surface area contributed by atoms with Crippen molar-refractivity contribution in [3.63, 3.8) is 0 Å². The second-order valence-corrected chi connectivity index (χ2v) is 12.3. The Bertz CT molecular complexity index is 1410. The highest BCUT2D eigenvalue weighted by Gasteiger charge is 2.29. The molecule has 2 aromatic carbocycles. The van der Waals surface area contributed by atoms with Crippen molar-refractivity contribution in [2.75, 3.05) is 24.2 Å². The Labute approximate surface area is 219 Å². The minimum Gasteiger partial charge on any atom is -0.464 e. The van der Waals surface area contributed by atoms with E-state index in [1.165, 1.54) is 22.5 Å². The zero-order valence-corrected chi connectivity index (χ0v) is 22.6. The molecule has 196 valence electrons. The molecule has 1 aromatic heterocycles. The molecule has 5 rings (SSSR count). The summed E-state index contributed by atoms with van der Waals surface area (Å²) < 4.78 is 31.7. The first kappa shape index (κ1) is 25.5. The molecule has 7 nitrogen and oxygen atoms in total. The molecule has 1 atom stereocenters. The Morgan fingerprint density at radius 2 is 1.81 bits per heavy atom. The highest BCUT2D eigenvalue weighted by atomic mass is 32.2. The van der Waals surface area contributed by atoms with Crippen LogP contribution in [0.4, 0.5) is 5.69 Å². The van der Waals surface area contributed by atoms with E-state index in [4.69, 9.17) is 4.42 Å². The molecule has 0 saturated carbocycles. The second-order valence-electron chi connectivity index (χ2n) is 10.3. The fraction of sp³-hybridized carbons (Fsp3) is 0.414. The van der Waals surface area contributed by atoms with Gasteiger partial charge in [0.15, 0.2) is 0 Å². The maximum absolute atomic E-state index is 13.5. The lowest BCUT2D eigenvalue weighted by atomic mass is 9.97. The van der Waals surface area contributed by atoms with Gasteiger partial charge in [-0.3, -0.25) is 4.79 Å². The van der Waals surface area contributed by atoms with Gasteiger partial charge in [-0.2, -0.15) is 4.31 Å². The number of carbonyl (C=O) groups is 1. The van der Waals surface area contributed by atoms with E-state index < -0.39 is 16.1 Å². The number of anilines is 1. The molecule has 1 amide bonds. The van der Waals surface area contributed by atoms with Gasteiger partial charge >= 0.3 is 0 Å². The highest BCUT2D eigenvalue weighted by molar-refractivity contribution is 7.88. The van der Waals surface area contributed by atoms with Crippen LogP contribution in [0.3, 0.4) is 0 Å². The third kappa shape index (κ3) is 5.60. The van der Waals surface area contributed by atoms with E-state index in [-0.39, 0.29) is 12.3 Å². The molecular formula is C29H35N3O4S. The molecule has 3 aromatic rings. The van der Waals surface area contributed by atoms with Gasteiger partial charge in [-0.1, -0.05) is 30.3 Å². The summed E-state index contributed by atoms with van der Waals surface area (Å²) in [6, 6.07) is 15.6. The van der Waals surface area contributed by atoms with E-state index in [1.54, 1.807) is 0 Å². The molecule has 8 heteroatoms. The van der Waals surface area contributed by atoms with Crippen LogP contribution in [0, 0.1) is 13.8 Å². The Morgan fingerprint density at radius 3 is 2.51 bits per heavy atom. The third-order valence-corrected chi connectivity index (χ3v) is 8.61. The molecular weight excluding hydrogens is 486 g/mol. The summed E-state index contributed by atoms with van der Waals surface area (Å²) in [6.45, 7) is 6.65. The minimum atomic E-state index is -3.31. The lowest BCUT2D eigenvalue weighted by Gasteiger charge is -2.33. The number of nitrogens with one attached hydrogen (secondary N) is 1. The first-order chi connectivity index (χ1) is 17.7. The molecule has 1 saturated heterocycles. The van der Waals surface area contributed by atoms with Crippen LogP contribution in [0.15, 0.2) is 52.9 Å². The number of piperidine rings is 1. The molecule has 3 heterocycles. The molecule has 2 aliphatic heterocycles. The standard InChI is InChI=1S/C29H35N3O4S/c1-20-10-12-24(26(16-20)31-14-5-4-6-15-31)29(27-13-11-21(2)36-27)30-28(33)17-22-8-7-9-23-18-32(19-25(22)23)37(3,34)35/h7-13,16,29H,4-6,14-15,17-19H2,1-3H3,(H,30,33). The number of benzene rings is 2. The lowest BCUT2D eigenvalue weighted by Crippen LogP contribution is -2.34. The average Bonchev–Trinajstić information content (AvgIpc) is 3.50. The van der Waals surface area contributed by atoms with Crippen molar-refractivity contribution in [2.24, 2.45) is 0 Å². The van der Waals surface area contributed by atoms with Gasteiger partial charge in [-0.05, 0) is 73.6 Å². The number of amides is 1. The van der Waals surface area contributed by atoms with Gasteiger partial charge < -0.3 is 14.6 Å². The summed E-state index contributed by atoms with van der Waals surface area (Å²) in [5.74, 6) is 1.37. The first-order valence-corrected chi connectivity index (χ1v) is 14.8. The third-order valence-electron chi connectivity index (χ3n) is 7.42. The number of fused-ring (bicyclic) bond motifs is 1. The van der Waals surface area contributed by atoms with Gasteiger partial charge in [-0.25, -0.2) is 8.42 Å². The zero-order chi connectivity index (χ0) is 26.2. The van der Waals surface area contributed by atoms with Gasteiger partial charge in [0.2, 0.25) is 15.9 Å². The maximum Gasteiger partial charge on any atom is 0.225 e. The van der Waals surface area contributed by atoms with Crippen LogP contribution in [0.25, 0.3) is 0 Å². The van der Waals surface area contributed by atoms with Crippen LogP contribution < -0.4 is 10.2 Å². The van der Waals surface area contributed by atoms with Crippen LogP contribution >= 0.6 is 0 Å². The Hall–Kier alpha value is -3.10. The lowest BCUT2D eigenvalue weighted by molar-refractivity contribution is -0.121. The van der Waals surface area contributed by atoms with Gasteiger partial charge in [0.1, 0.15) is 17.6 Å². The van der Waals surface area contributed by atoms with Crippen molar-refractivity contribution < 1.29 is 17.6 Å². The van der Waals surface area contributed by atoms with Crippen LogP contribution in [0.1, 0.15) is 64.6 Å². The highest BCUT2D eigenvalue weighted by Crippen LogP contribution is 2.35. The van der Waals surface area contributed by atoms with Crippen LogP contribution in [-0.4, -0.2) is 38.0 Å². The van der Waals surface area contributed by atoms with Gasteiger partial charge in [0.05, 0.1) is 12.7 Å². The molecule has 37 heavy (non-hydrogen) atoms. The average molecular weight is 522 g/mol. The number of carbonyl (C=O) groups excluding carboxylic acids is 1. The maximum atomic E-state index is 13.5. The van der Waals surface area contributed by atoms with E-state index in [0.29, 0.717) is 18.8 Å². The molecule has 0 bridgehead atoms. The van der Waals surface area contributed by atoms with E-state index in [2.05, 4.69) is 35.3 Å². The van der Waals surface area contributed by atoms with E-state index in [0.717, 1.165) is 59.6 Å². The summed E-state index contributed by atoms with van der Waals surface area (Å²) in [4.78, 5) is 15.9. The van der Waals surface area contributed by atoms with E-state index >= 15 is 0 Å². The fourth-order valence-corrected chi connectivity index (χ4v) is 6.20. The number of nitrogens with zero attached hydrogens (tertiary/aromatic N) is 2. The Morgan fingerprint density at radius 1 is 1.03 bits per heavy atom. The number of rotatable bonds is 7. The van der Waals surface area contributed by atoms with Crippen molar-refractivity contribution in [1.82, 2.24) is 9.62 Å². The van der Waals surface area contributed by atoms with Crippen molar-refractivity contribution >= 4 is 21.6 Å². The molecule has 0 spiro atoms. The SMILES string of the molecule is Cc1ccc(C(NC(=O)Cc2cccc3c2CN(S(C)(=O)=O)C3)c2ccc(C)o2)c(N2CCCCC2)c1. The molecule has 1 N–H and O–H groups in total. The van der Waals surface area contributed by atoms with Gasteiger partial charge in [0.25, 0.3) is 0 Å². The van der Waals surface area contributed by atoms with Crippen molar-refractivity contribution in [3.05, 3.63) is 87.9 Å². The molecule has 1 unspecified atom stereocenters. The largest absolute Gasteiger partial charge is 0.464 e. The summed E-state index contributed by atoms with van der Waals surface area (Å²) >= 11 is 0. The van der Waals surface area contributed by atoms with Gasteiger partial charge in [0, 0.05) is 37.4 Å². The summed E-state index contributed by atoms with van der Waals surface area (Å²) in [5.41, 5.74) is 6.09. The monoisotopic (exact) mass is 521 g/mol. The number of sulfonamides is 1. The smallest absolute Gasteiger partial charge is 0.225 e. The fourth-order valence-electron chi connectivity index (χ4n) is 5.46. The Kier molecular flexibility index (Phi) is 7.14. The summed E-state index contributed by atoms with van der Waals surface area (Å²) in [6.07, 6.45) is 4.96. The van der Waals surface area contributed by atoms with Gasteiger partial charge in [-0.15, -0.1) is 0 Å². The van der Waals surface area contributed by atoms with Crippen LogP contribution in [0.2, 0.25) is 0 Å². The van der Waals surface area contributed by atoms with E-state index in [9.17, 15) is 13.2 Å². The Balaban J connectivity index is 1.44. The minimum absolute atomic E-state index is 0.129. The molecule has 0 aliphatic carbocycles. The topological polar surface area (TPSA) is 82.9 Å².